The summed E-state index contributed by atoms with van der Waals surface area (Å²) in [5, 5.41) is 0. The van der Waals surface area contributed by atoms with Gasteiger partial charge >= 0.3 is 0 Å². The van der Waals surface area contributed by atoms with Gasteiger partial charge in [-0.15, -0.1) is 24.0 Å². The zero-order valence-corrected chi connectivity index (χ0v) is 20.3. The predicted molar refractivity (Wildman–Crippen MR) is 140 cm³/mol. The van der Waals surface area contributed by atoms with Crippen LogP contribution in [0.2, 0.25) is 0 Å². The molecule has 160 valence electrons. The lowest BCUT2D eigenvalue weighted by Gasteiger charge is -2.35. The Morgan fingerprint density at radius 2 is 0.867 bits per heavy atom. The SMILES string of the molecule is I.NCCCCCCC(Cc1ccccc1)(Cc1ccccc1)Cc1ccccc1. The summed E-state index contributed by atoms with van der Waals surface area (Å²) < 4.78 is 0. The van der Waals surface area contributed by atoms with Gasteiger partial charge in [-0.2, -0.15) is 0 Å². The Bertz CT molecular complexity index is 700. The predicted octanol–water partition coefficient (Wildman–Crippen LogP) is 7.23. The van der Waals surface area contributed by atoms with E-state index in [0.29, 0.717) is 0 Å². The first-order valence-electron chi connectivity index (χ1n) is 11.1. The Balaban J connectivity index is 0.00000320. The van der Waals surface area contributed by atoms with E-state index in [-0.39, 0.29) is 29.4 Å². The van der Waals surface area contributed by atoms with Crippen molar-refractivity contribution < 1.29 is 0 Å². The molecule has 0 heterocycles. The molecule has 0 unspecified atom stereocenters. The maximum Gasteiger partial charge on any atom is -0.00773 e. The van der Waals surface area contributed by atoms with Gasteiger partial charge in [-0.3, -0.25) is 0 Å². The van der Waals surface area contributed by atoms with E-state index in [1.807, 2.05) is 0 Å². The highest BCUT2D eigenvalue weighted by Gasteiger charge is 2.30. The molecule has 0 amide bonds. The van der Waals surface area contributed by atoms with Crippen LogP contribution in [0.15, 0.2) is 91.0 Å². The Hall–Kier alpha value is -1.65. The van der Waals surface area contributed by atoms with Crippen molar-refractivity contribution in [1.82, 2.24) is 0 Å². The Kier molecular flexibility index (Phi) is 11.2. The molecular formula is C28H36IN. The van der Waals surface area contributed by atoms with Crippen LogP contribution in [0.25, 0.3) is 0 Å². The lowest BCUT2D eigenvalue weighted by atomic mass is 9.69. The summed E-state index contributed by atoms with van der Waals surface area (Å²) in [5.41, 5.74) is 10.3. The third-order valence-corrected chi connectivity index (χ3v) is 5.93. The van der Waals surface area contributed by atoms with Crippen LogP contribution in [0.5, 0.6) is 0 Å². The Labute approximate surface area is 200 Å². The zero-order chi connectivity index (χ0) is 20.2. The Morgan fingerprint density at radius 3 is 1.23 bits per heavy atom. The second-order valence-electron chi connectivity index (χ2n) is 8.44. The van der Waals surface area contributed by atoms with E-state index in [0.717, 1.165) is 32.2 Å². The number of unbranched alkanes of at least 4 members (excludes halogenated alkanes) is 3. The lowest BCUT2D eigenvalue weighted by Crippen LogP contribution is -2.30. The summed E-state index contributed by atoms with van der Waals surface area (Å²) >= 11 is 0. The molecule has 2 heteroatoms. The number of benzene rings is 3. The van der Waals surface area contributed by atoms with Crippen molar-refractivity contribution in [3.8, 4) is 0 Å². The third kappa shape index (κ3) is 8.23. The molecule has 0 aliphatic heterocycles. The second-order valence-corrected chi connectivity index (χ2v) is 8.44. The first-order chi connectivity index (χ1) is 14.3. The molecule has 0 aromatic heterocycles. The van der Waals surface area contributed by atoms with Gasteiger partial charge in [-0.25, -0.2) is 0 Å². The highest BCUT2D eigenvalue weighted by molar-refractivity contribution is 14.0. The number of halogens is 1. The molecular weight excluding hydrogens is 477 g/mol. The Morgan fingerprint density at radius 1 is 0.500 bits per heavy atom. The minimum absolute atomic E-state index is 0. The van der Waals surface area contributed by atoms with Gasteiger partial charge in [0.05, 0.1) is 0 Å². The van der Waals surface area contributed by atoms with Crippen LogP contribution in [0, 0.1) is 5.41 Å². The maximum absolute atomic E-state index is 5.70. The van der Waals surface area contributed by atoms with Crippen LogP contribution in [-0.4, -0.2) is 6.54 Å². The highest BCUT2D eigenvalue weighted by atomic mass is 127. The normalized spacial score (nSPS) is 11.1. The molecule has 3 aromatic carbocycles. The van der Waals surface area contributed by atoms with E-state index in [1.165, 1.54) is 42.4 Å². The van der Waals surface area contributed by atoms with Gasteiger partial charge in [-0.1, -0.05) is 110 Å². The van der Waals surface area contributed by atoms with E-state index < -0.39 is 0 Å². The monoisotopic (exact) mass is 513 g/mol. The van der Waals surface area contributed by atoms with Gasteiger partial charge in [0.15, 0.2) is 0 Å². The van der Waals surface area contributed by atoms with Crippen molar-refractivity contribution in [2.24, 2.45) is 11.1 Å². The lowest BCUT2D eigenvalue weighted by molar-refractivity contribution is 0.244. The van der Waals surface area contributed by atoms with Gasteiger partial charge < -0.3 is 5.73 Å². The zero-order valence-electron chi connectivity index (χ0n) is 18.0. The van der Waals surface area contributed by atoms with Gasteiger partial charge in [-0.05, 0) is 60.8 Å². The molecule has 0 radical (unpaired) electrons. The topological polar surface area (TPSA) is 26.0 Å². The second kappa shape index (κ2) is 13.6. The molecule has 0 saturated heterocycles. The molecule has 0 bridgehead atoms. The summed E-state index contributed by atoms with van der Waals surface area (Å²) in [5.74, 6) is 0. The molecule has 0 spiro atoms. The number of rotatable bonds is 12. The van der Waals surface area contributed by atoms with E-state index in [2.05, 4.69) is 91.0 Å². The standard InChI is InChI=1S/C28H35N.HI/c29-21-13-2-1-12-20-28(22-25-14-6-3-7-15-25,23-26-16-8-4-9-17-26)24-27-18-10-5-11-19-27;/h3-11,14-19H,1-2,12-13,20-24,29H2;1H. The summed E-state index contributed by atoms with van der Waals surface area (Å²) in [6.07, 6.45) is 9.54. The van der Waals surface area contributed by atoms with Gasteiger partial charge in [0, 0.05) is 0 Å². The molecule has 0 aliphatic carbocycles. The molecule has 3 aromatic rings. The molecule has 0 fully saturated rings. The average molecular weight is 514 g/mol. The van der Waals surface area contributed by atoms with Crippen molar-refractivity contribution in [1.29, 1.82) is 0 Å². The fourth-order valence-corrected chi connectivity index (χ4v) is 4.54. The van der Waals surface area contributed by atoms with Crippen molar-refractivity contribution in [3.05, 3.63) is 108 Å². The minimum atomic E-state index is 0. The van der Waals surface area contributed by atoms with Crippen molar-refractivity contribution >= 4 is 24.0 Å². The van der Waals surface area contributed by atoms with E-state index >= 15 is 0 Å². The summed E-state index contributed by atoms with van der Waals surface area (Å²) in [6.45, 7) is 0.809. The maximum atomic E-state index is 5.70. The summed E-state index contributed by atoms with van der Waals surface area (Å²) in [4.78, 5) is 0. The molecule has 2 N–H and O–H groups in total. The van der Waals surface area contributed by atoms with E-state index in [1.54, 1.807) is 0 Å². The van der Waals surface area contributed by atoms with Crippen LogP contribution in [0.1, 0.15) is 48.8 Å². The molecule has 30 heavy (non-hydrogen) atoms. The molecule has 3 rings (SSSR count). The van der Waals surface area contributed by atoms with Crippen molar-refractivity contribution in [2.75, 3.05) is 6.54 Å². The fourth-order valence-electron chi connectivity index (χ4n) is 4.54. The third-order valence-electron chi connectivity index (χ3n) is 5.93. The van der Waals surface area contributed by atoms with Gasteiger partial charge in [0.25, 0.3) is 0 Å². The van der Waals surface area contributed by atoms with Crippen LogP contribution in [0.3, 0.4) is 0 Å². The molecule has 0 aliphatic rings. The average Bonchev–Trinajstić information content (AvgIpc) is 2.76. The van der Waals surface area contributed by atoms with Gasteiger partial charge in [0.1, 0.15) is 0 Å². The quantitative estimate of drug-likeness (QED) is 0.201. The number of hydrogen-bond acceptors (Lipinski definition) is 1. The highest BCUT2D eigenvalue weighted by Crippen LogP contribution is 2.37. The molecule has 0 saturated carbocycles. The van der Waals surface area contributed by atoms with Crippen LogP contribution < -0.4 is 5.73 Å². The first kappa shape index (κ1) is 24.6. The van der Waals surface area contributed by atoms with Crippen molar-refractivity contribution in [2.45, 2.75) is 51.4 Å². The van der Waals surface area contributed by atoms with Crippen LogP contribution in [0.4, 0.5) is 0 Å². The fraction of sp³-hybridized carbons (Fsp3) is 0.357. The smallest absolute Gasteiger partial charge is 0.00773 e. The summed E-state index contributed by atoms with van der Waals surface area (Å²) in [7, 11) is 0. The molecule has 1 nitrogen and oxygen atoms in total. The van der Waals surface area contributed by atoms with Crippen molar-refractivity contribution in [3.63, 3.8) is 0 Å². The van der Waals surface area contributed by atoms with Crippen LogP contribution in [-0.2, 0) is 19.3 Å². The van der Waals surface area contributed by atoms with E-state index in [4.69, 9.17) is 5.73 Å². The van der Waals surface area contributed by atoms with Gasteiger partial charge in [0.2, 0.25) is 0 Å². The minimum Gasteiger partial charge on any atom is -0.330 e. The van der Waals surface area contributed by atoms with Crippen LogP contribution >= 0.6 is 24.0 Å². The number of hydrogen-bond donors (Lipinski definition) is 1. The first-order valence-corrected chi connectivity index (χ1v) is 11.1. The van der Waals surface area contributed by atoms with E-state index in [9.17, 15) is 0 Å². The number of nitrogens with two attached hydrogens (primary N) is 1. The summed E-state index contributed by atoms with van der Waals surface area (Å²) in [6, 6.07) is 33.1. The largest absolute Gasteiger partial charge is 0.330 e. The molecule has 0 atom stereocenters.